The zero-order chi connectivity index (χ0) is 9.26. The van der Waals surface area contributed by atoms with Gasteiger partial charge in [0.2, 0.25) is 0 Å². The highest BCUT2D eigenvalue weighted by Crippen LogP contribution is 2.44. The molecule has 0 N–H and O–H groups in total. The number of carbonyl (C=O) groups excluding carboxylic acids is 1. The summed E-state index contributed by atoms with van der Waals surface area (Å²) in [6, 6.07) is 0. The quantitative estimate of drug-likeness (QED) is 0.367. The molecule has 0 aliphatic heterocycles. The summed E-state index contributed by atoms with van der Waals surface area (Å²) >= 11 is 0. The molecule has 2 aliphatic carbocycles. The van der Waals surface area contributed by atoms with Crippen LogP contribution in [0.5, 0.6) is 0 Å². The van der Waals surface area contributed by atoms with E-state index in [1.165, 1.54) is 12.8 Å². The number of rotatable bonds is 3. The first-order valence-corrected chi connectivity index (χ1v) is 5.17. The lowest BCUT2D eigenvalue weighted by Crippen LogP contribution is -2.04. The lowest BCUT2D eigenvalue weighted by atomic mass is 9.91. The lowest BCUT2D eigenvalue weighted by Gasteiger charge is -2.13. The lowest BCUT2D eigenvalue weighted by molar-refractivity contribution is -0.105. The van der Waals surface area contributed by atoms with E-state index in [1.54, 1.807) is 0 Å². The molecular formula is C12H16O. The summed E-state index contributed by atoms with van der Waals surface area (Å²) in [6.45, 7) is 2.04. The second-order valence-corrected chi connectivity index (χ2v) is 4.16. The molecule has 70 valence electrons. The average molecular weight is 176 g/mol. The number of hydrogen-bond donors (Lipinski definition) is 0. The third-order valence-corrected chi connectivity index (χ3v) is 3.32. The molecule has 0 spiro atoms. The van der Waals surface area contributed by atoms with E-state index in [1.807, 2.05) is 6.92 Å². The van der Waals surface area contributed by atoms with Crippen LogP contribution < -0.4 is 0 Å². The van der Waals surface area contributed by atoms with Crippen molar-refractivity contribution in [3.8, 4) is 0 Å². The summed E-state index contributed by atoms with van der Waals surface area (Å²) in [5.74, 6) is 2.18. The first-order valence-electron chi connectivity index (χ1n) is 5.17. The molecule has 0 aromatic rings. The Morgan fingerprint density at radius 3 is 2.77 bits per heavy atom. The molecule has 0 aromatic heterocycles. The van der Waals surface area contributed by atoms with Crippen LogP contribution in [0.15, 0.2) is 23.8 Å². The molecule has 1 fully saturated rings. The summed E-state index contributed by atoms with van der Waals surface area (Å²) in [5, 5.41) is 0. The predicted molar refractivity (Wildman–Crippen MR) is 53.3 cm³/mol. The molecule has 2 aliphatic rings. The highest BCUT2D eigenvalue weighted by molar-refractivity contribution is 5.73. The van der Waals surface area contributed by atoms with Crippen LogP contribution in [0.4, 0.5) is 0 Å². The molecule has 2 rings (SSSR count). The zero-order valence-electron chi connectivity index (χ0n) is 8.07. The van der Waals surface area contributed by atoms with Crippen LogP contribution in [0.25, 0.3) is 0 Å². The Balaban J connectivity index is 2.07. The summed E-state index contributed by atoms with van der Waals surface area (Å²) < 4.78 is 0. The van der Waals surface area contributed by atoms with E-state index in [0.717, 1.165) is 30.1 Å². The molecule has 1 saturated carbocycles. The molecule has 1 heteroatoms. The molecule has 3 atom stereocenters. The van der Waals surface area contributed by atoms with Crippen LogP contribution in [0.3, 0.4) is 0 Å². The smallest absolute Gasteiger partial charge is 0.145 e. The summed E-state index contributed by atoms with van der Waals surface area (Å²) in [4.78, 5) is 10.6. The van der Waals surface area contributed by atoms with Gasteiger partial charge >= 0.3 is 0 Å². The Bertz CT molecular complexity index is 262. The second kappa shape index (κ2) is 3.49. The standard InChI is InChI=1S/C12H16O/c1-2-9(8-13)5-12-7-10-3-4-11(12)6-10/h3-5,8,10-12H,2,6-7H2,1H3/b9-5-. The largest absolute Gasteiger partial charge is 0.298 e. The molecule has 0 heterocycles. The van der Waals surface area contributed by atoms with Gasteiger partial charge in [0.1, 0.15) is 6.29 Å². The third kappa shape index (κ3) is 1.60. The molecule has 13 heavy (non-hydrogen) atoms. The number of carbonyl (C=O) groups is 1. The number of allylic oxidation sites excluding steroid dienone is 4. The van der Waals surface area contributed by atoms with Gasteiger partial charge in [-0.25, -0.2) is 0 Å². The van der Waals surface area contributed by atoms with Crippen molar-refractivity contribution in [2.45, 2.75) is 26.2 Å². The Kier molecular flexibility index (Phi) is 2.34. The fourth-order valence-electron chi connectivity index (χ4n) is 2.53. The van der Waals surface area contributed by atoms with Gasteiger partial charge in [-0.2, -0.15) is 0 Å². The average Bonchev–Trinajstić information content (AvgIpc) is 2.75. The highest BCUT2D eigenvalue weighted by Gasteiger charge is 2.34. The highest BCUT2D eigenvalue weighted by atomic mass is 16.1. The Hall–Kier alpha value is -0.850. The van der Waals surface area contributed by atoms with Gasteiger partial charge in [0.15, 0.2) is 0 Å². The van der Waals surface area contributed by atoms with Gasteiger partial charge in [-0.15, -0.1) is 0 Å². The molecule has 2 bridgehead atoms. The van der Waals surface area contributed by atoms with Gasteiger partial charge in [0, 0.05) is 0 Å². The Labute approximate surface area is 79.5 Å². The van der Waals surface area contributed by atoms with Crippen molar-refractivity contribution in [3.63, 3.8) is 0 Å². The summed E-state index contributed by atoms with van der Waals surface area (Å²) in [5.41, 5.74) is 0.978. The third-order valence-electron chi connectivity index (χ3n) is 3.32. The Morgan fingerprint density at radius 1 is 1.46 bits per heavy atom. The van der Waals surface area contributed by atoms with Crippen molar-refractivity contribution in [3.05, 3.63) is 23.8 Å². The molecule has 0 radical (unpaired) electrons. The topological polar surface area (TPSA) is 17.1 Å². The SMILES string of the molecule is CC/C(C=O)=C/C1CC2C=CC1C2. The van der Waals surface area contributed by atoms with Gasteiger partial charge in [-0.3, -0.25) is 4.79 Å². The fraction of sp³-hybridized carbons (Fsp3) is 0.583. The fourth-order valence-corrected chi connectivity index (χ4v) is 2.53. The predicted octanol–water partition coefficient (Wildman–Crippen LogP) is 2.73. The van der Waals surface area contributed by atoms with Crippen LogP contribution in [0.1, 0.15) is 26.2 Å². The van der Waals surface area contributed by atoms with E-state index < -0.39 is 0 Å². The van der Waals surface area contributed by atoms with Crippen molar-refractivity contribution >= 4 is 6.29 Å². The molecule has 0 saturated heterocycles. The minimum atomic E-state index is 0.648. The van der Waals surface area contributed by atoms with Crippen molar-refractivity contribution < 1.29 is 4.79 Å². The monoisotopic (exact) mass is 176 g/mol. The summed E-state index contributed by atoms with van der Waals surface area (Å²) in [7, 11) is 0. The Morgan fingerprint density at radius 2 is 2.31 bits per heavy atom. The van der Waals surface area contributed by atoms with Crippen molar-refractivity contribution in [2.75, 3.05) is 0 Å². The van der Waals surface area contributed by atoms with Crippen LogP contribution >= 0.6 is 0 Å². The molecular weight excluding hydrogens is 160 g/mol. The van der Waals surface area contributed by atoms with E-state index in [2.05, 4.69) is 18.2 Å². The van der Waals surface area contributed by atoms with E-state index in [4.69, 9.17) is 0 Å². The molecule has 0 amide bonds. The van der Waals surface area contributed by atoms with Crippen molar-refractivity contribution in [1.29, 1.82) is 0 Å². The van der Waals surface area contributed by atoms with E-state index in [0.29, 0.717) is 5.92 Å². The number of aldehydes is 1. The van der Waals surface area contributed by atoms with Gasteiger partial charge < -0.3 is 0 Å². The van der Waals surface area contributed by atoms with Crippen molar-refractivity contribution in [2.24, 2.45) is 17.8 Å². The van der Waals surface area contributed by atoms with Crippen LogP contribution in [0.2, 0.25) is 0 Å². The van der Waals surface area contributed by atoms with Crippen LogP contribution in [-0.2, 0) is 4.79 Å². The van der Waals surface area contributed by atoms with Crippen molar-refractivity contribution in [1.82, 2.24) is 0 Å². The first-order chi connectivity index (χ1) is 6.33. The normalized spacial score (nSPS) is 37.0. The van der Waals surface area contributed by atoms with E-state index in [-0.39, 0.29) is 0 Å². The minimum absolute atomic E-state index is 0.648. The van der Waals surface area contributed by atoms with Gasteiger partial charge in [-0.1, -0.05) is 25.2 Å². The summed E-state index contributed by atoms with van der Waals surface area (Å²) in [6.07, 6.45) is 11.3. The minimum Gasteiger partial charge on any atom is -0.298 e. The van der Waals surface area contributed by atoms with Crippen LogP contribution in [0, 0.1) is 17.8 Å². The van der Waals surface area contributed by atoms with E-state index in [9.17, 15) is 4.79 Å². The van der Waals surface area contributed by atoms with Crippen LogP contribution in [-0.4, -0.2) is 6.29 Å². The van der Waals surface area contributed by atoms with E-state index >= 15 is 0 Å². The van der Waals surface area contributed by atoms with Gasteiger partial charge in [0.25, 0.3) is 0 Å². The number of fused-ring (bicyclic) bond motifs is 2. The number of hydrogen-bond acceptors (Lipinski definition) is 1. The molecule has 0 aromatic carbocycles. The maximum Gasteiger partial charge on any atom is 0.145 e. The first kappa shape index (κ1) is 8.74. The van der Waals surface area contributed by atoms with Gasteiger partial charge in [0.05, 0.1) is 0 Å². The second-order valence-electron chi connectivity index (χ2n) is 4.16. The maximum atomic E-state index is 10.6. The zero-order valence-corrected chi connectivity index (χ0v) is 8.07. The van der Waals surface area contributed by atoms with Gasteiger partial charge in [-0.05, 0) is 42.6 Å². The molecule has 3 unspecified atom stereocenters. The molecule has 1 nitrogen and oxygen atoms in total. The maximum absolute atomic E-state index is 10.6.